The molecule has 0 spiro atoms. The van der Waals surface area contributed by atoms with Crippen LogP contribution in [0.15, 0.2) is 32.0 Å². The van der Waals surface area contributed by atoms with E-state index in [0.29, 0.717) is 8.95 Å². The molecule has 1 fully saturated rings. The average Bonchev–Trinajstić information content (AvgIpc) is 2.66. The summed E-state index contributed by atoms with van der Waals surface area (Å²) in [5.41, 5.74) is 0. The molecule has 0 bridgehead atoms. The number of rotatable bonds is 4. The number of benzene rings is 1. The molecule has 124 valence electrons. The van der Waals surface area contributed by atoms with Gasteiger partial charge in [-0.2, -0.15) is 4.31 Å². The predicted octanol–water partition coefficient (Wildman–Crippen LogP) is 1.38. The number of nitrogens with zero attached hydrogens (tertiary/aromatic N) is 1. The maximum atomic E-state index is 12.8. The van der Waals surface area contributed by atoms with Crippen molar-refractivity contribution in [2.24, 2.45) is 0 Å². The fraction of sp³-hybridized carbons (Fsp3) is 0.500. The largest absolute Gasteiger partial charge is 0.390 e. The molecule has 1 aliphatic heterocycles. The summed E-state index contributed by atoms with van der Waals surface area (Å²) in [6.45, 7) is 1.68. The van der Waals surface area contributed by atoms with E-state index in [-0.39, 0.29) is 17.2 Å². The standard InChI is InChI=1S/C12H15Br2NO5S2/c1-2-15(10-6-21(17,18)7-11(10)16)22(19,20)12-5-8(13)3-4-9(12)14/h3-5,10-11,16H,2,6-7H2,1H3/t10-,11-/m1/s1. The van der Waals surface area contributed by atoms with Gasteiger partial charge in [-0.15, -0.1) is 0 Å². The summed E-state index contributed by atoms with van der Waals surface area (Å²) in [5.74, 6) is -0.782. The highest BCUT2D eigenvalue weighted by molar-refractivity contribution is 9.11. The van der Waals surface area contributed by atoms with Crippen molar-refractivity contribution in [3.8, 4) is 0 Å². The summed E-state index contributed by atoms with van der Waals surface area (Å²) in [7, 11) is -7.38. The van der Waals surface area contributed by atoms with Crippen molar-refractivity contribution in [3.63, 3.8) is 0 Å². The Kier molecular flexibility index (Phi) is 5.40. The molecule has 0 radical (unpaired) electrons. The zero-order valence-electron chi connectivity index (χ0n) is 11.6. The molecule has 0 aliphatic carbocycles. The van der Waals surface area contributed by atoms with Crippen molar-refractivity contribution in [1.82, 2.24) is 4.31 Å². The van der Waals surface area contributed by atoms with Gasteiger partial charge < -0.3 is 5.11 Å². The Morgan fingerprint density at radius 1 is 1.32 bits per heavy atom. The van der Waals surface area contributed by atoms with Crippen LogP contribution in [0.3, 0.4) is 0 Å². The smallest absolute Gasteiger partial charge is 0.244 e. The Hall–Kier alpha value is -0.000000000000000111. The Bertz CT molecular complexity index is 779. The van der Waals surface area contributed by atoms with Gasteiger partial charge in [0, 0.05) is 15.5 Å². The lowest BCUT2D eigenvalue weighted by atomic mass is 10.2. The molecule has 0 unspecified atom stereocenters. The van der Waals surface area contributed by atoms with Gasteiger partial charge in [-0.3, -0.25) is 0 Å². The monoisotopic (exact) mass is 475 g/mol. The van der Waals surface area contributed by atoms with Crippen molar-refractivity contribution in [2.75, 3.05) is 18.1 Å². The first-order valence-corrected chi connectivity index (χ1v) is 11.3. The average molecular weight is 477 g/mol. The van der Waals surface area contributed by atoms with E-state index in [9.17, 15) is 21.9 Å². The molecule has 1 heterocycles. The van der Waals surface area contributed by atoms with Crippen molar-refractivity contribution in [3.05, 3.63) is 27.1 Å². The normalized spacial score (nSPS) is 24.8. The number of likely N-dealkylation sites (N-methyl/N-ethyl adjacent to an activating group) is 1. The number of sulfone groups is 1. The molecular weight excluding hydrogens is 462 g/mol. The Balaban J connectivity index is 2.48. The molecule has 1 aromatic rings. The van der Waals surface area contributed by atoms with E-state index in [1.54, 1.807) is 19.1 Å². The van der Waals surface area contributed by atoms with Crippen molar-refractivity contribution in [2.45, 2.75) is 24.0 Å². The van der Waals surface area contributed by atoms with Crippen molar-refractivity contribution >= 4 is 51.7 Å². The van der Waals surface area contributed by atoms with Gasteiger partial charge in [0.05, 0.1) is 28.5 Å². The number of hydrogen-bond acceptors (Lipinski definition) is 5. The molecule has 0 aromatic heterocycles. The molecule has 2 rings (SSSR count). The summed E-state index contributed by atoms with van der Waals surface area (Å²) in [6, 6.07) is 3.75. The topological polar surface area (TPSA) is 91.8 Å². The zero-order valence-corrected chi connectivity index (χ0v) is 16.4. The van der Waals surface area contributed by atoms with Gasteiger partial charge in [0.1, 0.15) is 0 Å². The molecule has 1 N–H and O–H groups in total. The van der Waals surface area contributed by atoms with Gasteiger partial charge >= 0.3 is 0 Å². The summed E-state index contributed by atoms with van der Waals surface area (Å²) in [6.07, 6.45) is -1.22. The van der Waals surface area contributed by atoms with Gasteiger partial charge in [-0.1, -0.05) is 22.9 Å². The Morgan fingerprint density at radius 3 is 2.45 bits per heavy atom. The van der Waals surface area contributed by atoms with Gasteiger partial charge in [0.15, 0.2) is 9.84 Å². The second-order valence-corrected chi connectivity index (χ2v) is 10.8. The maximum absolute atomic E-state index is 12.8. The number of sulfonamides is 1. The number of aliphatic hydroxyl groups is 1. The van der Waals surface area contributed by atoms with Crippen LogP contribution in [0.4, 0.5) is 0 Å². The molecule has 10 heteroatoms. The molecule has 6 nitrogen and oxygen atoms in total. The van der Waals surface area contributed by atoms with Crippen LogP contribution in [0.25, 0.3) is 0 Å². The molecular formula is C12H15Br2NO5S2. The zero-order chi connectivity index (χ0) is 16.7. The minimum atomic E-state index is -3.94. The summed E-state index contributed by atoms with van der Waals surface area (Å²) in [4.78, 5) is 0.0280. The summed E-state index contributed by atoms with van der Waals surface area (Å²) >= 11 is 6.43. The maximum Gasteiger partial charge on any atom is 0.244 e. The van der Waals surface area contributed by atoms with Crippen LogP contribution in [0, 0.1) is 0 Å². The van der Waals surface area contributed by atoms with Crippen LogP contribution in [0.1, 0.15) is 6.92 Å². The first kappa shape index (κ1) is 18.3. The third kappa shape index (κ3) is 3.57. The number of hydrogen-bond donors (Lipinski definition) is 1. The van der Waals surface area contributed by atoms with Gasteiger partial charge in [0.2, 0.25) is 10.0 Å². The van der Waals surface area contributed by atoms with E-state index in [1.165, 1.54) is 6.07 Å². The molecule has 1 saturated heterocycles. The van der Waals surface area contributed by atoms with Gasteiger partial charge in [0.25, 0.3) is 0 Å². The van der Waals surface area contributed by atoms with Crippen LogP contribution in [-0.2, 0) is 19.9 Å². The minimum absolute atomic E-state index is 0.0280. The fourth-order valence-corrected chi connectivity index (χ4v) is 7.49. The van der Waals surface area contributed by atoms with Gasteiger partial charge in [-0.05, 0) is 34.1 Å². The van der Waals surface area contributed by atoms with E-state index in [0.717, 1.165) is 4.31 Å². The van der Waals surface area contributed by atoms with Crippen LogP contribution in [-0.4, -0.2) is 56.4 Å². The predicted molar refractivity (Wildman–Crippen MR) is 89.9 cm³/mol. The van der Waals surface area contributed by atoms with Crippen molar-refractivity contribution in [1.29, 1.82) is 0 Å². The second-order valence-electron chi connectivity index (χ2n) is 4.99. The summed E-state index contributed by atoms with van der Waals surface area (Å²) in [5, 5.41) is 9.95. The van der Waals surface area contributed by atoms with E-state index in [1.807, 2.05) is 0 Å². The lowest BCUT2D eigenvalue weighted by molar-refractivity contribution is 0.130. The van der Waals surface area contributed by atoms with Crippen molar-refractivity contribution < 1.29 is 21.9 Å². The van der Waals surface area contributed by atoms with E-state index in [2.05, 4.69) is 31.9 Å². The van der Waals surface area contributed by atoms with E-state index < -0.39 is 37.8 Å². The highest BCUT2D eigenvalue weighted by Crippen LogP contribution is 2.31. The number of halogens is 2. The lowest BCUT2D eigenvalue weighted by Crippen LogP contribution is -2.46. The van der Waals surface area contributed by atoms with Gasteiger partial charge in [-0.25, -0.2) is 16.8 Å². The minimum Gasteiger partial charge on any atom is -0.390 e. The highest BCUT2D eigenvalue weighted by atomic mass is 79.9. The molecule has 0 saturated carbocycles. The molecule has 0 amide bonds. The highest BCUT2D eigenvalue weighted by Gasteiger charge is 2.44. The SMILES string of the molecule is CCN([C@@H]1CS(=O)(=O)C[C@H]1O)S(=O)(=O)c1cc(Br)ccc1Br. The quantitative estimate of drug-likeness (QED) is 0.708. The van der Waals surface area contributed by atoms with E-state index in [4.69, 9.17) is 0 Å². The third-order valence-corrected chi connectivity index (χ3v) is 8.64. The first-order valence-electron chi connectivity index (χ1n) is 6.44. The first-order chi connectivity index (χ1) is 10.1. The van der Waals surface area contributed by atoms with Crippen LogP contribution < -0.4 is 0 Å². The Morgan fingerprint density at radius 2 is 1.95 bits per heavy atom. The van der Waals surface area contributed by atoms with E-state index >= 15 is 0 Å². The third-order valence-electron chi connectivity index (χ3n) is 3.46. The molecule has 1 aliphatic rings. The van der Waals surface area contributed by atoms with Crippen LogP contribution >= 0.6 is 31.9 Å². The lowest BCUT2D eigenvalue weighted by Gasteiger charge is -2.28. The molecule has 1 aromatic carbocycles. The summed E-state index contributed by atoms with van der Waals surface area (Å²) < 4.78 is 51.0. The second kappa shape index (κ2) is 6.48. The Labute approximate surface area is 146 Å². The van der Waals surface area contributed by atoms with Crippen LogP contribution in [0.5, 0.6) is 0 Å². The molecule has 22 heavy (non-hydrogen) atoms. The van der Waals surface area contributed by atoms with Crippen LogP contribution in [0.2, 0.25) is 0 Å². The fourth-order valence-electron chi connectivity index (χ4n) is 2.47. The number of aliphatic hydroxyl groups excluding tert-OH is 1. The molecule has 2 atom stereocenters.